The van der Waals surface area contributed by atoms with E-state index in [1.165, 1.54) is 6.08 Å². The second-order valence-corrected chi connectivity index (χ2v) is 8.21. The van der Waals surface area contributed by atoms with Crippen molar-refractivity contribution in [1.29, 1.82) is 0 Å². The fourth-order valence-electron chi connectivity index (χ4n) is 3.12. The first kappa shape index (κ1) is 21.3. The zero-order valence-electron chi connectivity index (χ0n) is 17.4. The number of nitrogens with zero attached hydrogens (tertiary/aromatic N) is 1. The fourth-order valence-corrected chi connectivity index (χ4v) is 3.99. The molecule has 3 N–H and O–H groups in total. The summed E-state index contributed by atoms with van der Waals surface area (Å²) in [6.45, 7) is 1.91. The first-order valence-electron chi connectivity index (χ1n) is 10.1. The fraction of sp³-hybridized carbons (Fsp3) is 0.0800. The molecule has 0 radical (unpaired) electrons. The predicted molar refractivity (Wildman–Crippen MR) is 131 cm³/mol. The molecule has 1 atom stereocenters. The van der Waals surface area contributed by atoms with Crippen molar-refractivity contribution in [2.75, 3.05) is 10.6 Å². The molecule has 4 aromatic rings. The first-order valence-corrected chi connectivity index (χ1v) is 11.0. The first-order chi connectivity index (χ1) is 15.6. The molecule has 7 heteroatoms. The summed E-state index contributed by atoms with van der Waals surface area (Å²) in [7, 11) is 0. The number of anilines is 2. The van der Waals surface area contributed by atoms with Crippen molar-refractivity contribution in [2.45, 2.75) is 13.0 Å². The molecule has 0 fully saturated rings. The topological polar surface area (TPSA) is 83.1 Å². The maximum absolute atomic E-state index is 12.3. The molecule has 0 spiro atoms. The summed E-state index contributed by atoms with van der Waals surface area (Å²) in [5.41, 5.74) is 3.24. The number of hydrogen-bond donors (Lipinski definition) is 3. The second kappa shape index (κ2) is 9.89. The molecule has 0 aliphatic rings. The van der Waals surface area contributed by atoms with Crippen LogP contribution in [0.15, 0.2) is 84.9 Å². The van der Waals surface area contributed by atoms with E-state index in [4.69, 9.17) is 0 Å². The van der Waals surface area contributed by atoms with Gasteiger partial charge in [-0.15, -0.1) is 11.3 Å². The molecule has 3 amide bonds. The van der Waals surface area contributed by atoms with Crippen LogP contribution in [0.5, 0.6) is 0 Å². The highest BCUT2D eigenvalue weighted by molar-refractivity contribution is 7.19. The number of urea groups is 1. The SMILES string of the molecule is CC(NC(=O)/C=C/c1nc2ccccc2s1)c1ccc(NC(=O)Nc2ccccc2)cc1. The van der Waals surface area contributed by atoms with Gasteiger partial charge in [0.1, 0.15) is 5.01 Å². The normalized spacial score (nSPS) is 11.9. The van der Waals surface area contributed by atoms with Crippen LogP contribution in [0.3, 0.4) is 0 Å². The lowest BCUT2D eigenvalue weighted by Crippen LogP contribution is -2.24. The molecule has 6 nitrogen and oxygen atoms in total. The number of nitrogens with one attached hydrogen (secondary N) is 3. The van der Waals surface area contributed by atoms with E-state index in [0.29, 0.717) is 5.69 Å². The Labute approximate surface area is 190 Å². The number of para-hydroxylation sites is 2. The van der Waals surface area contributed by atoms with E-state index in [2.05, 4.69) is 20.9 Å². The van der Waals surface area contributed by atoms with E-state index < -0.39 is 0 Å². The van der Waals surface area contributed by atoms with Gasteiger partial charge in [-0.05, 0) is 55.0 Å². The van der Waals surface area contributed by atoms with E-state index in [1.54, 1.807) is 29.5 Å². The maximum Gasteiger partial charge on any atom is 0.323 e. The van der Waals surface area contributed by atoms with Crippen LogP contribution in [0.25, 0.3) is 16.3 Å². The number of rotatable bonds is 6. The molecule has 3 aromatic carbocycles. The van der Waals surface area contributed by atoms with Gasteiger partial charge in [0.05, 0.1) is 16.3 Å². The van der Waals surface area contributed by atoms with Gasteiger partial charge in [0.25, 0.3) is 0 Å². The number of benzene rings is 3. The molecule has 0 aliphatic carbocycles. The summed E-state index contributed by atoms with van der Waals surface area (Å²) in [5.74, 6) is -0.193. The molecule has 0 saturated carbocycles. The molecular weight excluding hydrogens is 420 g/mol. The summed E-state index contributed by atoms with van der Waals surface area (Å²) in [4.78, 5) is 28.9. The molecule has 4 rings (SSSR count). The second-order valence-electron chi connectivity index (χ2n) is 7.15. The zero-order chi connectivity index (χ0) is 22.3. The van der Waals surface area contributed by atoms with Gasteiger partial charge in [0.2, 0.25) is 5.91 Å². The maximum atomic E-state index is 12.3. The Bertz CT molecular complexity index is 1220. The van der Waals surface area contributed by atoms with Crippen LogP contribution >= 0.6 is 11.3 Å². The van der Waals surface area contributed by atoms with Crippen molar-refractivity contribution in [3.05, 3.63) is 95.5 Å². The minimum Gasteiger partial charge on any atom is -0.346 e. The lowest BCUT2D eigenvalue weighted by atomic mass is 10.1. The lowest BCUT2D eigenvalue weighted by molar-refractivity contribution is -0.117. The number of aromatic nitrogens is 1. The number of fused-ring (bicyclic) bond motifs is 1. The molecule has 1 aromatic heterocycles. The van der Waals surface area contributed by atoms with Gasteiger partial charge in [-0.1, -0.05) is 42.5 Å². The van der Waals surface area contributed by atoms with E-state index in [9.17, 15) is 9.59 Å². The highest BCUT2D eigenvalue weighted by atomic mass is 32.1. The van der Waals surface area contributed by atoms with Crippen molar-refractivity contribution in [1.82, 2.24) is 10.3 Å². The van der Waals surface area contributed by atoms with Crippen LogP contribution in [-0.4, -0.2) is 16.9 Å². The van der Waals surface area contributed by atoms with Gasteiger partial charge in [-0.2, -0.15) is 0 Å². The largest absolute Gasteiger partial charge is 0.346 e. The van der Waals surface area contributed by atoms with Crippen LogP contribution in [0, 0.1) is 0 Å². The van der Waals surface area contributed by atoms with Gasteiger partial charge in [-0.25, -0.2) is 9.78 Å². The van der Waals surface area contributed by atoms with Crippen LogP contribution in [0.1, 0.15) is 23.5 Å². The number of carbonyl (C=O) groups excluding carboxylic acids is 2. The van der Waals surface area contributed by atoms with Gasteiger partial charge < -0.3 is 16.0 Å². The molecule has 160 valence electrons. The van der Waals surface area contributed by atoms with Crippen molar-refractivity contribution >= 4 is 50.9 Å². The van der Waals surface area contributed by atoms with Crippen LogP contribution < -0.4 is 16.0 Å². The number of carbonyl (C=O) groups is 2. The average Bonchev–Trinajstić information content (AvgIpc) is 3.22. The number of amides is 3. The summed E-state index contributed by atoms with van der Waals surface area (Å²) >= 11 is 1.54. The third-order valence-corrected chi connectivity index (χ3v) is 5.75. The highest BCUT2D eigenvalue weighted by Gasteiger charge is 2.09. The van der Waals surface area contributed by atoms with Crippen molar-refractivity contribution in [3.8, 4) is 0 Å². The minimum absolute atomic E-state index is 0.185. The van der Waals surface area contributed by atoms with E-state index in [-0.39, 0.29) is 18.0 Å². The van der Waals surface area contributed by atoms with Crippen LogP contribution in [0.2, 0.25) is 0 Å². The Kier molecular flexibility index (Phi) is 6.57. The quantitative estimate of drug-likeness (QED) is 0.329. The third-order valence-electron chi connectivity index (χ3n) is 4.75. The molecule has 0 saturated heterocycles. The molecule has 0 aliphatic heterocycles. The zero-order valence-corrected chi connectivity index (χ0v) is 18.2. The van der Waals surface area contributed by atoms with Gasteiger partial charge in [0, 0.05) is 17.5 Å². The van der Waals surface area contributed by atoms with Gasteiger partial charge >= 0.3 is 6.03 Å². The summed E-state index contributed by atoms with van der Waals surface area (Å²) < 4.78 is 1.09. The molecule has 0 bridgehead atoms. The number of thiazole rings is 1. The van der Waals surface area contributed by atoms with Crippen LogP contribution in [-0.2, 0) is 4.79 Å². The lowest BCUT2D eigenvalue weighted by Gasteiger charge is -2.14. The minimum atomic E-state index is -0.315. The van der Waals surface area contributed by atoms with Crippen LogP contribution in [0.4, 0.5) is 16.2 Å². The Morgan fingerprint density at radius 1 is 0.875 bits per heavy atom. The summed E-state index contributed by atoms with van der Waals surface area (Å²) in [5, 5.41) is 9.30. The molecule has 1 heterocycles. The highest BCUT2D eigenvalue weighted by Crippen LogP contribution is 2.22. The predicted octanol–water partition coefficient (Wildman–Crippen LogP) is 5.83. The third kappa shape index (κ3) is 5.59. The molecule has 32 heavy (non-hydrogen) atoms. The van der Waals surface area contributed by atoms with E-state index in [1.807, 2.05) is 73.7 Å². The average molecular weight is 443 g/mol. The van der Waals surface area contributed by atoms with E-state index >= 15 is 0 Å². The summed E-state index contributed by atoms with van der Waals surface area (Å²) in [6.07, 6.45) is 3.23. The Hall–Kier alpha value is -3.97. The standard InChI is InChI=1S/C25H22N4O2S/c1-17(26-23(30)15-16-24-29-21-9-5-6-10-22(21)32-24)18-11-13-20(14-12-18)28-25(31)27-19-7-3-2-4-8-19/h2-17H,1H3,(H,26,30)(H2,27,28,31)/b16-15+. The van der Waals surface area contributed by atoms with Gasteiger partial charge in [-0.3, -0.25) is 4.79 Å². The smallest absolute Gasteiger partial charge is 0.323 e. The van der Waals surface area contributed by atoms with Crippen molar-refractivity contribution in [2.24, 2.45) is 0 Å². The Morgan fingerprint density at radius 3 is 2.25 bits per heavy atom. The summed E-state index contributed by atoms with van der Waals surface area (Å²) in [6, 6.07) is 24.0. The van der Waals surface area contributed by atoms with Crippen molar-refractivity contribution in [3.63, 3.8) is 0 Å². The van der Waals surface area contributed by atoms with Gasteiger partial charge in [0.15, 0.2) is 0 Å². The Morgan fingerprint density at radius 2 is 1.53 bits per heavy atom. The molecule has 1 unspecified atom stereocenters. The number of hydrogen-bond acceptors (Lipinski definition) is 4. The van der Waals surface area contributed by atoms with Crippen molar-refractivity contribution < 1.29 is 9.59 Å². The monoisotopic (exact) mass is 442 g/mol. The Balaban J connectivity index is 1.30. The molecular formula is C25H22N4O2S. The van der Waals surface area contributed by atoms with E-state index in [0.717, 1.165) is 26.5 Å².